The van der Waals surface area contributed by atoms with Gasteiger partial charge in [0.25, 0.3) is 0 Å². The number of carbonyl (C=O) groups excluding carboxylic acids is 2. The molecule has 0 radical (unpaired) electrons. The zero-order chi connectivity index (χ0) is 21.4. The third kappa shape index (κ3) is 3.30. The highest BCUT2D eigenvalue weighted by molar-refractivity contribution is 5.97. The van der Waals surface area contributed by atoms with Crippen LogP contribution in [-0.2, 0) is 13.1 Å². The Morgan fingerprint density at radius 3 is 1.53 bits per heavy atom. The molecule has 0 aliphatic carbocycles. The van der Waals surface area contributed by atoms with E-state index in [1.165, 1.54) is 0 Å². The van der Waals surface area contributed by atoms with E-state index in [9.17, 15) is 9.59 Å². The number of hydrogen-bond donors (Lipinski definition) is 4. The second-order valence-electron chi connectivity index (χ2n) is 6.77. The average molecular weight is 404 g/mol. The Balaban J connectivity index is 1.55. The quantitative estimate of drug-likeness (QED) is 0.349. The third-order valence-electron chi connectivity index (χ3n) is 4.87. The highest BCUT2D eigenvalue weighted by Gasteiger charge is 2.11. The van der Waals surface area contributed by atoms with Gasteiger partial charge in [0.1, 0.15) is 0 Å². The topological polar surface area (TPSA) is 174 Å². The number of imidazole rings is 2. The van der Waals surface area contributed by atoms with E-state index in [2.05, 4.69) is 9.97 Å². The van der Waals surface area contributed by atoms with Crippen molar-refractivity contribution < 1.29 is 9.59 Å². The fourth-order valence-corrected chi connectivity index (χ4v) is 3.35. The van der Waals surface area contributed by atoms with Gasteiger partial charge in [0.05, 0.1) is 22.1 Å². The number of nitrogens with zero attached hydrogens (tertiary/aromatic N) is 4. The lowest BCUT2D eigenvalue weighted by molar-refractivity contribution is 0.0992. The summed E-state index contributed by atoms with van der Waals surface area (Å²) in [6.07, 6.45) is 3.87. The Morgan fingerprint density at radius 1 is 0.767 bits per heavy atom. The molecule has 4 rings (SSSR count). The lowest BCUT2D eigenvalue weighted by Crippen LogP contribution is -2.10. The van der Waals surface area contributed by atoms with Crippen molar-refractivity contribution in [1.29, 1.82) is 0 Å². The first kappa shape index (κ1) is 19.0. The number of amides is 2. The van der Waals surface area contributed by atoms with Crippen LogP contribution in [0.5, 0.6) is 0 Å². The molecule has 0 atom stereocenters. The van der Waals surface area contributed by atoms with Crippen LogP contribution in [0.1, 0.15) is 20.7 Å². The third-order valence-corrected chi connectivity index (χ3v) is 4.87. The van der Waals surface area contributed by atoms with E-state index in [-0.39, 0.29) is 0 Å². The molecule has 0 aliphatic rings. The fourth-order valence-electron chi connectivity index (χ4n) is 3.35. The standard InChI is InChI=1S/C20H20N8O2/c21-17(29)11-3-5-15-13(9-11)25-19(23)27(15)7-1-2-8-28-16-6-4-12(18(22)30)10-14(16)26-20(28)24/h1-6,9-10H,7-8H2,(H2,21,29)(H2,22,30)(H2,23,25)(H2,24,26)/b2-1+. The monoisotopic (exact) mass is 404 g/mol. The van der Waals surface area contributed by atoms with Crippen LogP contribution in [0.3, 0.4) is 0 Å². The van der Waals surface area contributed by atoms with Gasteiger partial charge in [-0.15, -0.1) is 0 Å². The molecule has 2 heterocycles. The van der Waals surface area contributed by atoms with Crippen LogP contribution in [0.2, 0.25) is 0 Å². The first-order chi connectivity index (χ1) is 14.3. The largest absolute Gasteiger partial charge is 0.369 e. The van der Waals surface area contributed by atoms with E-state index < -0.39 is 11.8 Å². The summed E-state index contributed by atoms with van der Waals surface area (Å²) in [5.41, 5.74) is 26.2. The predicted molar refractivity (Wildman–Crippen MR) is 114 cm³/mol. The van der Waals surface area contributed by atoms with Crippen LogP contribution in [0, 0.1) is 0 Å². The van der Waals surface area contributed by atoms with Gasteiger partial charge in [-0.2, -0.15) is 0 Å². The summed E-state index contributed by atoms with van der Waals surface area (Å²) >= 11 is 0. The Labute approximate surface area is 170 Å². The maximum Gasteiger partial charge on any atom is 0.248 e. The zero-order valence-electron chi connectivity index (χ0n) is 15.9. The molecule has 0 aliphatic heterocycles. The summed E-state index contributed by atoms with van der Waals surface area (Å²) in [5.74, 6) is -0.360. The van der Waals surface area contributed by atoms with Crippen molar-refractivity contribution in [3.05, 3.63) is 59.7 Å². The average Bonchev–Trinajstić information content (AvgIpc) is 3.19. The summed E-state index contributed by atoms with van der Waals surface area (Å²) in [7, 11) is 0. The van der Waals surface area contributed by atoms with Crippen molar-refractivity contribution in [3.63, 3.8) is 0 Å². The molecule has 4 aromatic rings. The molecule has 0 saturated heterocycles. The lowest BCUT2D eigenvalue weighted by atomic mass is 10.2. The van der Waals surface area contributed by atoms with Crippen molar-refractivity contribution in [3.8, 4) is 0 Å². The smallest absolute Gasteiger partial charge is 0.248 e. The number of nitrogen functional groups attached to an aromatic ring is 2. The summed E-state index contributed by atoms with van der Waals surface area (Å²) < 4.78 is 3.65. The molecule has 2 aromatic heterocycles. The number of hydrogen-bond acceptors (Lipinski definition) is 6. The number of rotatable bonds is 6. The molecular weight excluding hydrogens is 384 g/mol. The molecule has 0 fully saturated rings. The van der Waals surface area contributed by atoms with E-state index >= 15 is 0 Å². The molecule has 0 bridgehead atoms. The van der Waals surface area contributed by atoms with Gasteiger partial charge >= 0.3 is 0 Å². The summed E-state index contributed by atoms with van der Waals surface area (Å²) in [6.45, 7) is 0.965. The van der Waals surface area contributed by atoms with Crippen LogP contribution < -0.4 is 22.9 Å². The maximum atomic E-state index is 11.3. The maximum absolute atomic E-state index is 11.3. The summed E-state index contributed by atoms with van der Waals surface area (Å²) in [6, 6.07) is 10.1. The van der Waals surface area contributed by atoms with E-state index in [0.29, 0.717) is 47.1 Å². The normalized spacial score (nSPS) is 11.6. The Bertz CT molecular complexity index is 1230. The van der Waals surface area contributed by atoms with Crippen molar-refractivity contribution in [1.82, 2.24) is 19.1 Å². The minimum absolute atomic E-state index is 0.336. The number of benzene rings is 2. The zero-order valence-corrected chi connectivity index (χ0v) is 15.9. The number of nitrogens with two attached hydrogens (primary N) is 4. The highest BCUT2D eigenvalue weighted by atomic mass is 16.1. The van der Waals surface area contributed by atoms with E-state index in [4.69, 9.17) is 22.9 Å². The van der Waals surface area contributed by atoms with Gasteiger partial charge in [-0.25, -0.2) is 9.97 Å². The summed E-state index contributed by atoms with van der Waals surface area (Å²) in [4.78, 5) is 31.3. The molecule has 0 unspecified atom stereocenters. The number of anilines is 2. The molecule has 0 spiro atoms. The molecular formula is C20H20N8O2. The molecule has 10 nitrogen and oxygen atoms in total. The van der Waals surface area contributed by atoms with E-state index in [0.717, 1.165) is 11.0 Å². The first-order valence-electron chi connectivity index (χ1n) is 9.11. The SMILES string of the molecule is NC(=O)c1ccc2c(c1)nc(N)n2C/C=C/Cn1c(N)nc2cc(C(N)=O)ccc21. The molecule has 0 saturated carbocycles. The second kappa shape index (κ2) is 7.24. The van der Waals surface area contributed by atoms with Gasteiger partial charge in [0.2, 0.25) is 23.7 Å². The Morgan fingerprint density at radius 2 is 1.17 bits per heavy atom. The van der Waals surface area contributed by atoms with Crippen molar-refractivity contribution in [2.24, 2.45) is 11.5 Å². The van der Waals surface area contributed by atoms with E-state index in [1.807, 2.05) is 21.3 Å². The first-order valence-corrected chi connectivity index (χ1v) is 9.11. The van der Waals surface area contributed by atoms with Crippen LogP contribution in [-0.4, -0.2) is 30.9 Å². The van der Waals surface area contributed by atoms with Crippen molar-refractivity contribution in [2.75, 3.05) is 11.5 Å². The van der Waals surface area contributed by atoms with Gasteiger partial charge < -0.3 is 32.1 Å². The number of fused-ring (bicyclic) bond motifs is 2. The van der Waals surface area contributed by atoms with Crippen molar-refractivity contribution >= 4 is 45.8 Å². The van der Waals surface area contributed by atoms with Crippen LogP contribution in [0.25, 0.3) is 22.1 Å². The Kier molecular flexibility index (Phi) is 4.59. The molecule has 8 N–H and O–H groups in total. The fraction of sp³-hybridized carbons (Fsp3) is 0.100. The predicted octanol–water partition coefficient (Wildman–Crippen LogP) is 1.00. The number of allylic oxidation sites excluding steroid dienone is 2. The van der Waals surface area contributed by atoms with Gasteiger partial charge in [-0.1, -0.05) is 12.2 Å². The number of primary amides is 2. The van der Waals surface area contributed by atoms with Crippen LogP contribution in [0.15, 0.2) is 48.6 Å². The second-order valence-corrected chi connectivity index (χ2v) is 6.77. The van der Waals surface area contributed by atoms with Crippen LogP contribution >= 0.6 is 0 Å². The minimum atomic E-state index is -0.516. The van der Waals surface area contributed by atoms with Crippen LogP contribution in [0.4, 0.5) is 11.9 Å². The minimum Gasteiger partial charge on any atom is -0.369 e. The lowest BCUT2D eigenvalue weighted by Gasteiger charge is -2.05. The van der Waals surface area contributed by atoms with Crippen molar-refractivity contribution in [2.45, 2.75) is 13.1 Å². The van der Waals surface area contributed by atoms with Gasteiger partial charge in [0.15, 0.2) is 0 Å². The molecule has 2 amide bonds. The highest BCUT2D eigenvalue weighted by Crippen LogP contribution is 2.21. The Hall–Kier alpha value is -4.34. The van der Waals surface area contributed by atoms with Gasteiger partial charge in [-0.3, -0.25) is 9.59 Å². The number of carbonyl (C=O) groups is 2. The summed E-state index contributed by atoms with van der Waals surface area (Å²) in [5, 5.41) is 0. The molecule has 152 valence electrons. The number of aromatic nitrogens is 4. The molecule has 10 heteroatoms. The van der Waals surface area contributed by atoms with Gasteiger partial charge in [0, 0.05) is 24.2 Å². The van der Waals surface area contributed by atoms with E-state index in [1.54, 1.807) is 36.4 Å². The van der Waals surface area contributed by atoms with Gasteiger partial charge in [-0.05, 0) is 36.4 Å². The molecule has 2 aromatic carbocycles. The molecule has 30 heavy (non-hydrogen) atoms.